The summed E-state index contributed by atoms with van der Waals surface area (Å²) in [5, 5.41) is 0. The van der Waals surface area contributed by atoms with Crippen LogP contribution < -0.4 is 13.8 Å². The Labute approximate surface area is 184 Å². The van der Waals surface area contributed by atoms with Crippen LogP contribution in [0.4, 0.5) is 14.9 Å². The van der Waals surface area contributed by atoms with E-state index < -0.39 is 11.9 Å². The standard InChI is InChI=1S/C20H25FN4O5S/c1-4-28-19-17(10-15(21)11-22-19)31-24(2)16-9-14-13-25(20(26)30-8-7-27-3)5-6-29-18(14)23-12-16/h9-12H,4-8,13H2,1-3H3. The molecule has 1 amide bonds. The number of carbonyl (C=O) groups excluding carboxylic acids is 1. The normalized spacial score (nSPS) is 13.1. The van der Waals surface area contributed by atoms with Crippen molar-refractivity contribution in [2.45, 2.75) is 18.4 Å². The third-order valence-electron chi connectivity index (χ3n) is 4.31. The van der Waals surface area contributed by atoms with Crippen molar-refractivity contribution in [2.75, 3.05) is 51.4 Å². The number of anilines is 1. The van der Waals surface area contributed by atoms with E-state index >= 15 is 0 Å². The number of amides is 1. The molecule has 3 rings (SSSR count). The number of methoxy groups -OCH3 is 1. The Morgan fingerprint density at radius 2 is 2.16 bits per heavy atom. The average Bonchev–Trinajstić information content (AvgIpc) is 2.97. The van der Waals surface area contributed by atoms with Crippen LogP contribution >= 0.6 is 11.9 Å². The molecule has 0 fully saturated rings. The number of halogens is 1. The van der Waals surface area contributed by atoms with E-state index in [0.29, 0.717) is 49.6 Å². The average molecular weight is 453 g/mol. The molecule has 0 N–H and O–H groups in total. The van der Waals surface area contributed by atoms with E-state index in [2.05, 4.69) is 9.97 Å². The molecule has 168 valence electrons. The first-order valence-electron chi connectivity index (χ1n) is 9.74. The second kappa shape index (κ2) is 11.0. The van der Waals surface area contributed by atoms with Gasteiger partial charge < -0.3 is 28.2 Å². The van der Waals surface area contributed by atoms with Crippen molar-refractivity contribution < 1.29 is 28.1 Å². The van der Waals surface area contributed by atoms with Crippen molar-refractivity contribution in [3.8, 4) is 11.8 Å². The number of hydrogen-bond acceptors (Lipinski definition) is 9. The second-order valence-corrected chi connectivity index (χ2v) is 7.68. The number of ether oxygens (including phenoxy) is 4. The van der Waals surface area contributed by atoms with Gasteiger partial charge in [0.05, 0.1) is 49.3 Å². The lowest BCUT2D eigenvalue weighted by Crippen LogP contribution is -2.33. The summed E-state index contributed by atoms with van der Waals surface area (Å²) in [5.41, 5.74) is 1.49. The molecule has 31 heavy (non-hydrogen) atoms. The van der Waals surface area contributed by atoms with Gasteiger partial charge >= 0.3 is 6.09 Å². The van der Waals surface area contributed by atoms with Crippen LogP contribution in [-0.4, -0.2) is 68.1 Å². The van der Waals surface area contributed by atoms with Crippen molar-refractivity contribution in [3.63, 3.8) is 0 Å². The van der Waals surface area contributed by atoms with Crippen molar-refractivity contribution in [1.29, 1.82) is 0 Å². The summed E-state index contributed by atoms with van der Waals surface area (Å²) in [6.07, 6.45) is 2.34. The van der Waals surface area contributed by atoms with E-state index in [9.17, 15) is 9.18 Å². The highest BCUT2D eigenvalue weighted by Gasteiger charge is 2.23. The molecule has 11 heteroatoms. The highest BCUT2D eigenvalue weighted by molar-refractivity contribution is 8.00. The number of pyridine rings is 2. The molecular weight excluding hydrogens is 427 g/mol. The summed E-state index contributed by atoms with van der Waals surface area (Å²) in [4.78, 5) is 22.8. The molecule has 9 nitrogen and oxygen atoms in total. The zero-order valence-electron chi connectivity index (χ0n) is 17.7. The highest BCUT2D eigenvalue weighted by Crippen LogP contribution is 2.34. The predicted octanol–water partition coefficient (Wildman–Crippen LogP) is 3.14. The Morgan fingerprint density at radius 1 is 1.32 bits per heavy atom. The molecule has 0 saturated heterocycles. The summed E-state index contributed by atoms with van der Waals surface area (Å²) in [6.45, 7) is 3.77. The summed E-state index contributed by atoms with van der Waals surface area (Å²) >= 11 is 1.26. The molecule has 0 bridgehead atoms. The molecule has 0 aromatic carbocycles. The molecule has 0 radical (unpaired) electrons. The van der Waals surface area contributed by atoms with Gasteiger partial charge in [0.2, 0.25) is 11.8 Å². The van der Waals surface area contributed by atoms with E-state index in [0.717, 1.165) is 17.4 Å². The molecule has 2 aromatic rings. The molecule has 0 saturated carbocycles. The van der Waals surface area contributed by atoms with Crippen LogP contribution in [0.3, 0.4) is 0 Å². The smallest absolute Gasteiger partial charge is 0.410 e. The van der Waals surface area contributed by atoms with Crippen LogP contribution in [-0.2, 0) is 16.0 Å². The third kappa shape index (κ3) is 6.11. The van der Waals surface area contributed by atoms with Gasteiger partial charge in [-0.15, -0.1) is 0 Å². The Morgan fingerprint density at radius 3 is 2.94 bits per heavy atom. The van der Waals surface area contributed by atoms with Gasteiger partial charge in [-0.05, 0) is 31.0 Å². The predicted molar refractivity (Wildman–Crippen MR) is 113 cm³/mol. The summed E-state index contributed by atoms with van der Waals surface area (Å²) in [7, 11) is 3.37. The molecule has 0 aliphatic carbocycles. The topological polar surface area (TPSA) is 86.3 Å². The highest BCUT2D eigenvalue weighted by atomic mass is 32.2. The van der Waals surface area contributed by atoms with Gasteiger partial charge in [-0.25, -0.2) is 19.2 Å². The fourth-order valence-corrected chi connectivity index (χ4v) is 3.67. The number of aromatic nitrogens is 2. The monoisotopic (exact) mass is 452 g/mol. The van der Waals surface area contributed by atoms with Gasteiger partial charge in [0.1, 0.15) is 19.0 Å². The number of fused-ring (bicyclic) bond motifs is 1. The van der Waals surface area contributed by atoms with Gasteiger partial charge in [0.25, 0.3) is 0 Å². The van der Waals surface area contributed by atoms with Gasteiger partial charge in [-0.2, -0.15) is 0 Å². The summed E-state index contributed by atoms with van der Waals surface area (Å²) < 4.78 is 36.8. The molecule has 0 atom stereocenters. The van der Waals surface area contributed by atoms with Gasteiger partial charge in [0.15, 0.2) is 0 Å². The largest absolute Gasteiger partial charge is 0.477 e. The number of nitrogens with zero attached hydrogens (tertiary/aromatic N) is 4. The third-order valence-corrected chi connectivity index (χ3v) is 5.28. The van der Waals surface area contributed by atoms with Crippen LogP contribution in [0, 0.1) is 5.82 Å². The molecule has 2 aromatic heterocycles. The van der Waals surface area contributed by atoms with E-state index in [1.807, 2.05) is 24.3 Å². The zero-order chi connectivity index (χ0) is 22.2. The van der Waals surface area contributed by atoms with E-state index in [-0.39, 0.29) is 6.61 Å². The first-order chi connectivity index (χ1) is 15.0. The minimum Gasteiger partial charge on any atom is -0.477 e. The van der Waals surface area contributed by atoms with Crippen molar-refractivity contribution in [1.82, 2.24) is 14.9 Å². The van der Waals surface area contributed by atoms with Crippen LogP contribution in [0.15, 0.2) is 29.4 Å². The van der Waals surface area contributed by atoms with Crippen LogP contribution in [0.5, 0.6) is 11.8 Å². The fraction of sp³-hybridized carbons (Fsp3) is 0.450. The molecule has 1 aliphatic rings. The Kier molecular flexibility index (Phi) is 8.13. The molecule has 3 heterocycles. The lowest BCUT2D eigenvalue weighted by Gasteiger charge is -2.21. The molecule has 0 spiro atoms. The van der Waals surface area contributed by atoms with Gasteiger partial charge in [0, 0.05) is 19.7 Å². The fourth-order valence-electron chi connectivity index (χ4n) is 2.82. The van der Waals surface area contributed by atoms with Gasteiger partial charge in [-0.3, -0.25) is 0 Å². The first kappa shape index (κ1) is 22.9. The van der Waals surface area contributed by atoms with E-state index in [1.165, 1.54) is 18.0 Å². The minimum absolute atomic E-state index is 0.182. The SMILES string of the molecule is CCOc1ncc(F)cc1SN(C)c1cnc2c(c1)CN(C(=O)OCCOC)CCO2. The lowest BCUT2D eigenvalue weighted by atomic mass is 10.2. The first-order valence-corrected chi connectivity index (χ1v) is 10.5. The molecule has 1 aliphatic heterocycles. The quantitative estimate of drug-likeness (QED) is 0.443. The lowest BCUT2D eigenvalue weighted by molar-refractivity contribution is 0.0687. The van der Waals surface area contributed by atoms with Crippen LogP contribution in [0.1, 0.15) is 12.5 Å². The Balaban J connectivity index is 1.75. The zero-order valence-corrected chi connectivity index (χ0v) is 18.5. The van der Waals surface area contributed by atoms with Crippen LogP contribution in [0.2, 0.25) is 0 Å². The van der Waals surface area contributed by atoms with Crippen molar-refractivity contribution in [3.05, 3.63) is 35.9 Å². The van der Waals surface area contributed by atoms with Crippen LogP contribution in [0.25, 0.3) is 0 Å². The van der Waals surface area contributed by atoms with E-state index in [4.69, 9.17) is 18.9 Å². The van der Waals surface area contributed by atoms with Crippen molar-refractivity contribution >= 4 is 23.7 Å². The molecular formula is C20H25FN4O5S. The summed E-state index contributed by atoms with van der Waals surface area (Å²) in [5.74, 6) is 0.379. The number of hydrogen-bond donors (Lipinski definition) is 0. The maximum Gasteiger partial charge on any atom is 0.410 e. The Hall–Kier alpha value is -2.79. The molecule has 0 unspecified atom stereocenters. The number of carbonyl (C=O) groups is 1. The minimum atomic E-state index is -0.449. The maximum atomic E-state index is 13.7. The number of rotatable bonds is 8. The second-order valence-electron chi connectivity index (χ2n) is 6.51. The Bertz CT molecular complexity index is 904. The van der Waals surface area contributed by atoms with Gasteiger partial charge in [-0.1, -0.05) is 0 Å². The van der Waals surface area contributed by atoms with Crippen molar-refractivity contribution in [2.24, 2.45) is 0 Å². The van der Waals surface area contributed by atoms with E-state index in [1.54, 1.807) is 18.2 Å². The summed E-state index contributed by atoms with van der Waals surface area (Å²) in [6, 6.07) is 3.25. The maximum absolute atomic E-state index is 13.7.